The van der Waals surface area contributed by atoms with E-state index in [9.17, 15) is 51.5 Å². The number of halogens is 6. The number of benzene rings is 9. The maximum atomic E-state index is 12.3. The van der Waals surface area contributed by atoms with Crippen LogP contribution in [0.2, 0.25) is 0 Å². The Morgan fingerprint density at radius 1 is 0.392 bits per heavy atom. The van der Waals surface area contributed by atoms with E-state index in [4.69, 9.17) is 56.4 Å². The summed E-state index contributed by atoms with van der Waals surface area (Å²) in [4.78, 5) is 111. The van der Waals surface area contributed by atoms with Gasteiger partial charge in [0.25, 0.3) is 23.6 Å². The first-order chi connectivity index (χ1) is 65.0. The Kier molecular flexibility index (Phi) is 45.3. The molecule has 8 aliphatic rings. The molecule has 5 aliphatic heterocycles. The van der Waals surface area contributed by atoms with Crippen LogP contribution in [0.1, 0.15) is 71.1 Å². The number of esters is 1. The zero-order valence-electron chi connectivity index (χ0n) is 84.5. The van der Waals surface area contributed by atoms with Crippen LogP contribution in [0.25, 0.3) is 100 Å². The molecule has 14 rings (SSSR count). The molecule has 766 valence electrons. The molecule has 2 fully saturated rings. The number of carbonyl (C=O) groups is 8. The van der Waals surface area contributed by atoms with Crippen LogP contribution in [0.3, 0.4) is 0 Å². The van der Waals surface area contributed by atoms with Crippen molar-refractivity contribution in [2.24, 2.45) is 0 Å². The van der Waals surface area contributed by atoms with E-state index in [1.165, 1.54) is 0 Å². The minimum atomic E-state index is -5.22. The molecule has 0 spiro atoms. The van der Waals surface area contributed by atoms with Crippen LogP contribution in [-0.2, 0) is 52.8 Å². The second kappa shape index (κ2) is 53.6. The first kappa shape index (κ1) is 121. The van der Waals surface area contributed by atoms with Gasteiger partial charge < -0.3 is 139 Å². The van der Waals surface area contributed by atoms with Gasteiger partial charge in [0.2, 0.25) is 16.1 Å². The largest absolute Gasteiger partial charge is 1.00 e. The SMILES string of the molecule is CCOC(=O)CCCOc1cc(-c2c3ccc(=[N+](C)C)cc-3oc3cc(N(C)C)ccc23)c(OC)cc1N(C)C.COc1cc(N(C)C)c(OCCCC(=O)O)cc1-c1c2ccc(=[N+](C)C)cc-2oc2cc(N(C)C)ccc12.COc1cc(N(C)C)c(OCCCC(=O)ON2C(=O)CCC2=O)cc1-c1c2ccc(=[N+](C)C)cc-2oc2cc(N(C)C)ccc12.O.O=C1CCC(=O)N1OC(=O)C(F)(F)F.[Cl-].[Cl-].[Cl-].[K+].[OH-]. The van der Waals surface area contributed by atoms with E-state index < -0.39 is 47.7 Å². The molecule has 41 heteroatoms. The van der Waals surface area contributed by atoms with E-state index in [0.29, 0.717) is 79.3 Å². The molecule has 3 aliphatic carbocycles. The molecule has 6 aromatic rings. The molecule has 0 aromatic heterocycles. The Hall–Kier alpha value is -12.6. The van der Waals surface area contributed by atoms with Gasteiger partial charge in [-0.15, -0.1) is 10.1 Å². The average molecular weight is 2070 g/mol. The predicted molar refractivity (Wildman–Crippen MR) is 526 cm³/mol. The van der Waals surface area contributed by atoms with Gasteiger partial charge in [0.1, 0.15) is 111 Å². The maximum absolute atomic E-state index is 12.3. The molecule has 5 heterocycles. The van der Waals surface area contributed by atoms with Crippen LogP contribution >= 0.6 is 0 Å². The van der Waals surface area contributed by atoms with Gasteiger partial charge in [-0.2, -0.15) is 13.2 Å². The summed E-state index contributed by atoms with van der Waals surface area (Å²) in [6.45, 7) is 3.07. The number of aliphatic carboxylic acids is 1. The number of methoxy groups -OCH3 is 3. The van der Waals surface area contributed by atoms with Gasteiger partial charge in [0.15, 0.2) is 0 Å². The van der Waals surface area contributed by atoms with E-state index in [0.717, 1.165) is 156 Å². The Morgan fingerprint density at radius 3 is 0.937 bits per heavy atom. The van der Waals surface area contributed by atoms with Crippen molar-refractivity contribution in [1.29, 1.82) is 0 Å². The Bertz CT molecular complexity index is 6660. The number of fused-ring (bicyclic) bond motifs is 6. The normalized spacial score (nSPS) is 11.8. The molecule has 2 saturated heterocycles. The number of nitrogens with zero attached hydrogens (tertiary/aromatic N) is 11. The molecule has 4 N–H and O–H groups in total. The molecule has 143 heavy (non-hydrogen) atoms. The number of carboxylic acids is 1. The number of carboxylic acid groups (broad SMARTS) is 1. The van der Waals surface area contributed by atoms with Crippen LogP contribution in [0.4, 0.5) is 47.3 Å². The first-order valence-electron chi connectivity index (χ1n) is 44.3. The van der Waals surface area contributed by atoms with Crippen molar-refractivity contribution >= 4 is 115 Å². The molecule has 0 radical (unpaired) electrons. The van der Waals surface area contributed by atoms with E-state index in [2.05, 4.69) is 99.2 Å². The van der Waals surface area contributed by atoms with Crippen molar-refractivity contribution in [1.82, 2.24) is 23.9 Å². The second-order valence-corrected chi connectivity index (χ2v) is 34.2. The Labute approximate surface area is 888 Å². The van der Waals surface area contributed by atoms with Gasteiger partial charge in [0.05, 0.1) is 89.4 Å². The molecule has 0 unspecified atom stereocenters. The molecule has 0 saturated carbocycles. The standard InChI is InChI=1S/C34H39N4O7.C32H40N3O5.C30H35N3O5.C6H4F3NO4.3ClH.K.2H2O/c1-35(2)21-10-12-23-28(17-21)44-29-18-22(36(3)4)11-13-24(29)34(23)25-19-30(26(37(5)6)20-27(25)42-7)43-16-8-9-33(41)45-38-31(39)14-15-32(38)40;1-9-38-31(36)11-10-16-39-30-19-25(27(37-8)20-26(30)35(6)7)32-23-14-12-21(33(2)3)17-28(23)40-29-18-22(34(4)5)13-15-24(29)32;1-31(2)19-10-12-21-26(15-19)38-27-16-20(32(3)4)11-13-22(27)30(21)23-17-28(37-14-8-9-29(34)35)24(33(5)6)18-25(23)36-7;7-6(8,9)5(13)14-10-3(11)1-2-4(10)12;;;;;;/h10-13,17-20H,8-9,14-16H2,1-7H3;12-15,17-20H,9-11,16H2,1-8H3;10-13,15-18H,8-9,14H2,1-7H3;1-2H2;3*1H;;2*1H2/q2*+1;;;;;;+1;;/p-3. The van der Waals surface area contributed by atoms with Crippen molar-refractivity contribution in [2.45, 2.75) is 77.3 Å². The van der Waals surface area contributed by atoms with Crippen LogP contribution in [0.15, 0.2) is 159 Å². The predicted octanol–water partition coefficient (Wildman–Crippen LogP) is 1.03. The molecule has 0 atom stereocenters. The number of rotatable bonds is 30. The number of alkyl halides is 3. The zero-order valence-corrected chi connectivity index (χ0v) is 89.9. The monoisotopic (exact) mass is 2070 g/mol. The van der Waals surface area contributed by atoms with Gasteiger partial charge in [-0.3, -0.25) is 28.8 Å². The molecule has 34 nitrogen and oxygen atoms in total. The third kappa shape index (κ3) is 29.4. The summed E-state index contributed by atoms with van der Waals surface area (Å²) in [6, 6.07) is 49.1. The summed E-state index contributed by atoms with van der Waals surface area (Å²) < 4.78 is 102. The summed E-state index contributed by atoms with van der Waals surface area (Å²) in [5.74, 6) is -0.868. The molecule has 4 amide bonds. The van der Waals surface area contributed by atoms with E-state index in [-0.39, 0.29) is 156 Å². The fraction of sp³-hybridized carbons (Fsp3) is 0.363. The van der Waals surface area contributed by atoms with Crippen molar-refractivity contribution in [3.8, 4) is 102 Å². The summed E-state index contributed by atoms with van der Waals surface area (Å²) in [7, 11) is 40.7. The quantitative estimate of drug-likeness (QED) is 0.0164. The van der Waals surface area contributed by atoms with Crippen molar-refractivity contribution in [2.75, 3.05) is 204 Å². The Morgan fingerprint density at radius 2 is 0.678 bits per heavy atom. The summed E-state index contributed by atoms with van der Waals surface area (Å²) >= 11 is 0. The van der Waals surface area contributed by atoms with Gasteiger partial charge >= 0.3 is 81.4 Å². The third-order valence-electron chi connectivity index (χ3n) is 22.5. The average Bonchev–Trinajstić information content (AvgIpc) is 1.17. The smallest absolute Gasteiger partial charge is 1.00 e. The topological polar surface area (TPSA) is 376 Å². The third-order valence-corrected chi connectivity index (χ3v) is 22.5. The van der Waals surface area contributed by atoms with Gasteiger partial charge in [-0.05, 0) is 99.0 Å². The summed E-state index contributed by atoms with van der Waals surface area (Å²) in [5, 5.41) is 15.4. The molecule has 6 aromatic carbocycles. The van der Waals surface area contributed by atoms with Crippen LogP contribution in [0.5, 0.6) is 34.5 Å². The van der Waals surface area contributed by atoms with E-state index in [1.807, 2.05) is 228 Å². The summed E-state index contributed by atoms with van der Waals surface area (Å²) in [5.41, 5.74) is 16.3. The van der Waals surface area contributed by atoms with Gasteiger partial charge in [-0.1, -0.05) is 0 Å². The van der Waals surface area contributed by atoms with Crippen molar-refractivity contribution in [3.05, 3.63) is 162 Å². The fourth-order valence-corrected chi connectivity index (χ4v) is 15.3. The second-order valence-electron chi connectivity index (χ2n) is 34.2. The summed E-state index contributed by atoms with van der Waals surface area (Å²) in [6.07, 6.45) is -3.97. The van der Waals surface area contributed by atoms with Crippen molar-refractivity contribution in [3.63, 3.8) is 0 Å². The van der Waals surface area contributed by atoms with Crippen molar-refractivity contribution < 1.29 is 212 Å². The minimum absolute atomic E-state index is 0. The van der Waals surface area contributed by atoms with E-state index >= 15 is 0 Å². The Balaban J connectivity index is 0.000000347. The fourth-order valence-electron chi connectivity index (χ4n) is 15.3. The van der Waals surface area contributed by atoms with Gasteiger partial charge in [0, 0.05) is 261 Å². The first-order valence-corrected chi connectivity index (χ1v) is 44.3. The molecular formula is C102H122Cl3F3KN11O23. The van der Waals surface area contributed by atoms with E-state index in [1.54, 1.807) is 21.3 Å². The number of imide groups is 2. The number of hydroxylamine groups is 4. The van der Waals surface area contributed by atoms with Gasteiger partial charge in [-0.25, -0.2) is 23.3 Å². The number of hydrogen-bond donors (Lipinski definition) is 1. The molecule has 0 bridgehead atoms. The minimum Gasteiger partial charge on any atom is -1.00 e. The number of amides is 4. The zero-order chi connectivity index (χ0) is 99.9. The maximum Gasteiger partial charge on any atom is 1.00 e. The number of ether oxygens (including phenoxy) is 7. The number of anilines is 6. The molecular weight excluding hydrogens is 1950 g/mol. The van der Waals surface area contributed by atoms with Crippen LogP contribution in [0, 0.1) is 0 Å². The van der Waals surface area contributed by atoms with Crippen LogP contribution in [-0.4, -0.2) is 254 Å². The number of hydrogen-bond acceptors (Lipinski definition) is 27. The number of carbonyl (C=O) groups excluding carboxylic acids is 7. The van der Waals surface area contributed by atoms with Crippen LogP contribution < -0.4 is 176 Å².